The Morgan fingerprint density at radius 2 is 2.17 bits per heavy atom. The molecule has 0 saturated heterocycles. The van der Waals surface area contributed by atoms with Gasteiger partial charge in [0.05, 0.1) is 17.2 Å². The third-order valence-corrected chi connectivity index (χ3v) is 3.52. The van der Waals surface area contributed by atoms with E-state index in [2.05, 4.69) is 11.1 Å². The second-order valence-corrected chi connectivity index (χ2v) is 4.67. The lowest BCUT2D eigenvalue weighted by atomic mass is 10.0. The van der Waals surface area contributed by atoms with Crippen LogP contribution in [-0.4, -0.2) is 15.7 Å². The lowest BCUT2D eigenvalue weighted by molar-refractivity contribution is 0.368. The Kier molecular flexibility index (Phi) is 3.05. The molecule has 2 rings (SSSR count). The average Bonchev–Trinajstić information content (AvgIpc) is 2.55. The molecule has 18 heavy (non-hydrogen) atoms. The summed E-state index contributed by atoms with van der Waals surface area (Å²) in [6.45, 7) is 5.51. The number of aryl methyl sites for hydroxylation is 1. The van der Waals surface area contributed by atoms with Crippen LogP contribution in [0.25, 0.3) is 10.9 Å². The maximum Gasteiger partial charge on any atom is 0.102 e. The molecule has 0 aliphatic rings. The second kappa shape index (κ2) is 4.38. The first-order chi connectivity index (χ1) is 8.43. The van der Waals surface area contributed by atoms with Crippen molar-refractivity contribution in [3.8, 4) is 0 Å². The van der Waals surface area contributed by atoms with Crippen molar-refractivity contribution in [2.45, 2.75) is 19.4 Å². The maximum atomic E-state index is 9.36. The molecule has 1 aromatic heterocycles. The van der Waals surface area contributed by atoms with Gasteiger partial charge in [-0.1, -0.05) is 18.7 Å². The van der Waals surface area contributed by atoms with Crippen LogP contribution in [0.4, 0.5) is 5.69 Å². The first kappa shape index (κ1) is 12.5. The highest BCUT2D eigenvalue weighted by Crippen LogP contribution is 2.30. The Balaban J connectivity index is 2.61. The fraction of sp³-hybridized carbons (Fsp3) is 0.286. The number of nitrogens with zero attached hydrogens (tertiary/aromatic N) is 1. The Bertz CT molecular complexity index is 613. The fourth-order valence-electron chi connectivity index (χ4n) is 2.34. The van der Waals surface area contributed by atoms with Gasteiger partial charge in [0, 0.05) is 18.1 Å². The lowest BCUT2D eigenvalue weighted by Crippen LogP contribution is -2.25. The molecule has 0 saturated carbocycles. The third-order valence-electron chi connectivity index (χ3n) is 3.52. The number of fused-ring (bicyclic) bond motifs is 1. The van der Waals surface area contributed by atoms with Crippen LogP contribution in [0.3, 0.4) is 0 Å². The van der Waals surface area contributed by atoms with E-state index in [0.29, 0.717) is 6.42 Å². The van der Waals surface area contributed by atoms with Gasteiger partial charge in [0.2, 0.25) is 0 Å². The van der Waals surface area contributed by atoms with Gasteiger partial charge in [-0.05, 0) is 25.0 Å². The van der Waals surface area contributed by atoms with Gasteiger partial charge >= 0.3 is 0 Å². The normalized spacial score (nSPS) is 12.8. The molecule has 5 N–H and O–H groups in total. The van der Waals surface area contributed by atoms with Crippen LogP contribution < -0.4 is 11.5 Å². The van der Waals surface area contributed by atoms with Crippen molar-refractivity contribution in [1.29, 1.82) is 0 Å². The number of aliphatic hydroxyl groups excluding tert-OH is 1. The summed E-state index contributed by atoms with van der Waals surface area (Å²) in [7, 11) is 1.98. The predicted molar refractivity (Wildman–Crippen MR) is 75.5 cm³/mol. The number of rotatable bonds is 3. The molecule has 0 radical (unpaired) electrons. The Labute approximate surface area is 107 Å². The molecular weight excluding hydrogens is 226 g/mol. The van der Waals surface area contributed by atoms with Gasteiger partial charge in [-0.15, -0.1) is 0 Å². The number of nitrogens with two attached hydrogens (primary N) is 2. The quantitative estimate of drug-likeness (QED) is 0.572. The number of benzene rings is 1. The Morgan fingerprint density at radius 1 is 1.50 bits per heavy atom. The molecule has 1 heterocycles. The molecule has 0 aliphatic carbocycles. The zero-order valence-electron chi connectivity index (χ0n) is 10.8. The molecule has 1 aromatic carbocycles. The van der Waals surface area contributed by atoms with Crippen LogP contribution in [0.2, 0.25) is 0 Å². The summed E-state index contributed by atoms with van der Waals surface area (Å²) in [5, 5.41) is 10.4. The van der Waals surface area contributed by atoms with E-state index in [1.807, 2.05) is 32.2 Å². The summed E-state index contributed by atoms with van der Waals surface area (Å²) in [6, 6.07) is 5.40. The van der Waals surface area contributed by atoms with Gasteiger partial charge in [0.15, 0.2) is 0 Å². The zero-order valence-corrected chi connectivity index (χ0v) is 10.8. The number of aliphatic hydroxyl groups is 1. The van der Waals surface area contributed by atoms with E-state index < -0.39 is 6.04 Å². The minimum Gasteiger partial charge on any atom is -0.511 e. The molecule has 1 atom stereocenters. The van der Waals surface area contributed by atoms with Crippen molar-refractivity contribution in [2.24, 2.45) is 12.8 Å². The van der Waals surface area contributed by atoms with Crippen LogP contribution in [0, 0.1) is 6.92 Å². The largest absolute Gasteiger partial charge is 0.511 e. The second-order valence-electron chi connectivity index (χ2n) is 4.67. The van der Waals surface area contributed by atoms with Crippen LogP contribution >= 0.6 is 0 Å². The van der Waals surface area contributed by atoms with E-state index in [-0.39, 0.29) is 5.76 Å². The summed E-state index contributed by atoms with van der Waals surface area (Å²) < 4.78 is 2.06. The van der Waals surface area contributed by atoms with Crippen molar-refractivity contribution in [3.05, 3.63) is 41.8 Å². The zero-order chi connectivity index (χ0) is 13.4. The van der Waals surface area contributed by atoms with Crippen LogP contribution in [0.5, 0.6) is 0 Å². The van der Waals surface area contributed by atoms with Crippen LogP contribution in [0.15, 0.2) is 30.5 Å². The molecular formula is C14H19N3O. The predicted octanol–water partition coefficient (Wildman–Crippen LogP) is 2.01. The molecule has 0 spiro atoms. The highest BCUT2D eigenvalue weighted by Gasteiger charge is 2.17. The van der Waals surface area contributed by atoms with Gasteiger partial charge in [-0.25, -0.2) is 0 Å². The number of hydrogen-bond donors (Lipinski definition) is 3. The van der Waals surface area contributed by atoms with Crippen molar-refractivity contribution < 1.29 is 5.11 Å². The van der Waals surface area contributed by atoms with E-state index in [9.17, 15) is 5.11 Å². The first-order valence-corrected chi connectivity index (χ1v) is 5.89. The first-order valence-electron chi connectivity index (χ1n) is 5.89. The SMILES string of the molecule is C=C(O)C(N)Cc1c(C)n(C)c2c(N)cccc12. The fourth-order valence-corrected chi connectivity index (χ4v) is 2.34. The highest BCUT2D eigenvalue weighted by molar-refractivity contribution is 5.94. The molecule has 1 unspecified atom stereocenters. The smallest absolute Gasteiger partial charge is 0.102 e. The molecule has 4 nitrogen and oxygen atoms in total. The van der Waals surface area contributed by atoms with E-state index in [1.165, 1.54) is 0 Å². The summed E-state index contributed by atoms with van der Waals surface area (Å²) in [5.41, 5.74) is 15.9. The number of hydrogen-bond acceptors (Lipinski definition) is 3. The van der Waals surface area contributed by atoms with E-state index >= 15 is 0 Å². The highest BCUT2D eigenvalue weighted by atomic mass is 16.3. The molecule has 0 fully saturated rings. The molecule has 0 aliphatic heterocycles. The molecule has 2 aromatic rings. The van der Waals surface area contributed by atoms with Crippen molar-refractivity contribution in [2.75, 3.05) is 5.73 Å². The van der Waals surface area contributed by atoms with Crippen LogP contribution in [0.1, 0.15) is 11.3 Å². The molecule has 0 bridgehead atoms. The van der Waals surface area contributed by atoms with E-state index in [0.717, 1.165) is 27.8 Å². The van der Waals surface area contributed by atoms with E-state index in [4.69, 9.17) is 11.5 Å². The monoisotopic (exact) mass is 245 g/mol. The van der Waals surface area contributed by atoms with Gasteiger partial charge in [0.25, 0.3) is 0 Å². The average molecular weight is 245 g/mol. The summed E-state index contributed by atoms with van der Waals surface area (Å²) in [5.74, 6) is 0.00954. The van der Waals surface area contributed by atoms with Gasteiger partial charge in [-0.3, -0.25) is 0 Å². The van der Waals surface area contributed by atoms with Crippen LogP contribution in [-0.2, 0) is 13.5 Å². The molecule has 0 amide bonds. The minimum atomic E-state index is -0.448. The standard InChI is InChI=1S/C14H19N3O/c1-8-11(7-13(16)9(2)18)10-5-4-6-12(15)14(10)17(8)3/h4-6,13,18H,2,7,15-16H2,1,3H3. The lowest BCUT2D eigenvalue weighted by Gasteiger charge is -2.10. The number of anilines is 1. The van der Waals surface area contributed by atoms with Gasteiger partial charge in [0.1, 0.15) is 5.76 Å². The number of aromatic nitrogens is 1. The van der Waals surface area contributed by atoms with Crippen molar-refractivity contribution in [3.63, 3.8) is 0 Å². The summed E-state index contributed by atoms with van der Waals surface area (Å²) >= 11 is 0. The molecule has 4 heteroatoms. The van der Waals surface area contributed by atoms with Gasteiger partial charge < -0.3 is 21.1 Å². The topological polar surface area (TPSA) is 77.2 Å². The van der Waals surface area contributed by atoms with Crippen molar-refractivity contribution in [1.82, 2.24) is 4.57 Å². The Hall–Kier alpha value is -1.94. The van der Waals surface area contributed by atoms with Gasteiger partial charge in [-0.2, -0.15) is 0 Å². The Morgan fingerprint density at radius 3 is 2.78 bits per heavy atom. The number of nitrogen functional groups attached to an aromatic ring is 1. The minimum absolute atomic E-state index is 0.00954. The summed E-state index contributed by atoms with van der Waals surface area (Å²) in [6.07, 6.45) is 0.558. The third kappa shape index (κ3) is 1.84. The maximum absolute atomic E-state index is 9.36. The molecule has 96 valence electrons. The summed E-state index contributed by atoms with van der Waals surface area (Å²) in [4.78, 5) is 0. The van der Waals surface area contributed by atoms with E-state index in [1.54, 1.807) is 0 Å². The van der Waals surface area contributed by atoms with Crippen molar-refractivity contribution >= 4 is 16.6 Å². The number of para-hydroxylation sites is 1.